The van der Waals surface area contributed by atoms with Crippen LogP contribution in [0.4, 0.5) is 0 Å². The van der Waals surface area contributed by atoms with E-state index >= 15 is 0 Å². The summed E-state index contributed by atoms with van der Waals surface area (Å²) in [5, 5.41) is 10.3. The summed E-state index contributed by atoms with van der Waals surface area (Å²) < 4.78 is 35.0. The van der Waals surface area contributed by atoms with Crippen LogP contribution >= 0.6 is 11.8 Å². The van der Waals surface area contributed by atoms with Gasteiger partial charge in [0.25, 0.3) is 15.5 Å². The van der Waals surface area contributed by atoms with E-state index in [1.807, 2.05) is 33.9 Å². The van der Waals surface area contributed by atoms with E-state index in [9.17, 15) is 18.5 Å². The van der Waals surface area contributed by atoms with Crippen LogP contribution < -0.4 is 0 Å². The normalized spacial score (nSPS) is 16.6. The molecule has 0 aliphatic rings. The molecule has 154 valence electrons. The van der Waals surface area contributed by atoms with Crippen LogP contribution in [0.15, 0.2) is 35.2 Å². The van der Waals surface area contributed by atoms with Crippen molar-refractivity contribution in [2.75, 3.05) is 6.26 Å². The number of hydrogen-bond donors (Lipinski definition) is 0. The van der Waals surface area contributed by atoms with Crippen LogP contribution in [0, 0.1) is 10.1 Å². The van der Waals surface area contributed by atoms with Gasteiger partial charge in [-0.05, 0) is 49.0 Å². The topological polar surface area (TPSA) is 95.7 Å². The van der Waals surface area contributed by atoms with Crippen molar-refractivity contribution in [3.63, 3.8) is 0 Å². The molecule has 1 rings (SSSR count). The lowest BCUT2D eigenvalue weighted by Crippen LogP contribution is -2.50. The Kier molecular flexibility index (Phi) is 8.07. The minimum absolute atomic E-state index is 0.131. The molecule has 7 nitrogen and oxygen atoms in total. The Morgan fingerprint density at radius 3 is 2.11 bits per heavy atom. The van der Waals surface area contributed by atoms with Gasteiger partial charge in [0.2, 0.25) is 0 Å². The van der Waals surface area contributed by atoms with Crippen molar-refractivity contribution in [1.82, 2.24) is 0 Å². The number of thioether (sulfide) groups is 1. The second kappa shape index (κ2) is 9.04. The van der Waals surface area contributed by atoms with Crippen molar-refractivity contribution < 1.29 is 22.0 Å². The first-order valence-corrected chi connectivity index (χ1v) is 14.2. The SMILES string of the molecule is C[C@H](O[Si](C)(C)C(C)(C)C)C(OS(C)(=O)=O)C(Sc1ccccc1)[N+](=O)[O-]. The molecule has 3 atom stereocenters. The average Bonchev–Trinajstić information content (AvgIpc) is 2.49. The van der Waals surface area contributed by atoms with Crippen molar-refractivity contribution in [2.24, 2.45) is 0 Å². The zero-order valence-electron chi connectivity index (χ0n) is 16.8. The number of benzene rings is 1. The van der Waals surface area contributed by atoms with Gasteiger partial charge in [-0.15, -0.1) is 0 Å². The van der Waals surface area contributed by atoms with Gasteiger partial charge in [-0.25, -0.2) is 0 Å². The van der Waals surface area contributed by atoms with Gasteiger partial charge in [-0.2, -0.15) is 8.42 Å². The third kappa shape index (κ3) is 7.53. The van der Waals surface area contributed by atoms with Crippen LogP contribution in [-0.4, -0.2) is 45.5 Å². The second-order valence-corrected chi connectivity index (χ2v) is 15.5. The average molecular weight is 436 g/mol. The molecule has 0 N–H and O–H groups in total. The lowest BCUT2D eigenvalue weighted by atomic mass is 10.2. The third-order valence-electron chi connectivity index (χ3n) is 4.52. The predicted molar refractivity (Wildman–Crippen MR) is 111 cm³/mol. The molecule has 27 heavy (non-hydrogen) atoms. The largest absolute Gasteiger partial charge is 0.411 e. The van der Waals surface area contributed by atoms with Crippen molar-refractivity contribution in [3.8, 4) is 0 Å². The number of nitrogens with zero attached hydrogens (tertiary/aromatic N) is 1. The first-order valence-electron chi connectivity index (χ1n) is 8.55. The molecule has 0 saturated carbocycles. The highest BCUT2D eigenvalue weighted by atomic mass is 32.2. The zero-order valence-corrected chi connectivity index (χ0v) is 19.5. The molecule has 0 saturated heterocycles. The third-order valence-corrected chi connectivity index (χ3v) is 10.9. The lowest BCUT2D eigenvalue weighted by molar-refractivity contribution is -0.506. The van der Waals surface area contributed by atoms with E-state index in [2.05, 4.69) is 0 Å². The van der Waals surface area contributed by atoms with Crippen LogP contribution in [0.2, 0.25) is 18.1 Å². The Labute approximate surface area is 167 Å². The lowest BCUT2D eigenvalue weighted by Gasteiger charge is -2.40. The Morgan fingerprint density at radius 2 is 1.70 bits per heavy atom. The van der Waals surface area contributed by atoms with Crippen LogP contribution in [0.1, 0.15) is 27.7 Å². The molecule has 0 heterocycles. The Bertz CT molecular complexity index is 734. The van der Waals surface area contributed by atoms with Gasteiger partial charge in [-0.3, -0.25) is 14.3 Å². The van der Waals surface area contributed by atoms with Crippen LogP contribution in [0.25, 0.3) is 0 Å². The molecule has 0 aromatic heterocycles. The first-order chi connectivity index (χ1) is 12.1. The molecular weight excluding hydrogens is 406 g/mol. The highest BCUT2D eigenvalue weighted by molar-refractivity contribution is 7.99. The van der Waals surface area contributed by atoms with E-state index in [1.165, 1.54) is 0 Å². The van der Waals surface area contributed by atoms with Gasteiger partial charge < -0.3 is 4.43 Å². The molecule has 1 aromatic rings. The molecule has 0 fully saturated rings. The maximum atomic E-state index is 11.8. The highest BCUT2D eigenvalue weighted by Gasteiger charge is 2.45. The second-order valence-electron chi connectivity index (χ2n) is 7.96. The van der Waals surface area contributed by atoms with Gasteiger partial charge in [0.15, 0.2) is 14.4 Å². The van der Waals surface area contributed by atoms with Crippen LogP contribution in [0.3, 0.4) is 0 Å². The molecule has 0 bridgehead atoms. The molecule has 2 unspecified atom stereocenters. The summed E-state index contributed by atoms with van der Waals surface area (Å²) in [6, 6.07) is 8.80. The molecule has 0 aliphatic carbocycles. The van der Waals surface area contributed by atoms with Crippen molar-refractivity contribution in [1.29, 1.82) is 0 Å². The van der Waals surface area contributed by atoms with E-state index < -0.39 is 40.9 Å². The first kappa shape index (κ1) is 24.1. The molecule has 0 spiro atoms. The number of hydrogen-bond acceptors (Lipinski definition) is 7. The predicted octanol–water partition coefficient (Wildman–Crippen LogP) is 4.14. The van der Waals surface area contributed by atoms with E-state index in [1.54, 1.807) is 37.3 Å². The molecule has 1 aromatic carbocycles. The summed E-state index contributed by atoms with van der Waals surface area (Å²) >= 11 is 0.954. The standard InChI is InChI=1S/C17H29NO6S2Si/c1-13(24-27(6,7)17(2,3)4)15(23-26(5,21)22)16(18(19)20)25-14-11-9-8-10-12-14/h8-13,15-16H,1-7H3/t13-,15?,16?/m0/s1. The summed E-state index contributed by atoms with van der Waals surface area (Å²) in [6.45, 7) is 11.8. The van der Waals surface area contributed by atoms with Crippen molar-refractivity contribution in [2.45, 2.75) is 68.3 Å². The van der Waals surface area contributed by atoms with E-state index in [0.29, 0.717) is 4.90 Å². The monoisotopic (exact) mass is 435 g/mol. The van der Waals surface area contributed by atoms with Crippen LogP contribution in [-0.2, 0) is 18.7 Å². The Morgan fingerprint density at radius 1 is 1.19 bits per heavy atom. The summed E-state index contributed by atoms with van der Waals surface area (Å²) in [6.07, 6.45) is -1.13. The van der Waals surface area contributed by atoms with E-state index in [0.717, 1.165) is 18.0 Å². The minimum Gasteiger partial charge on any atom is -0.411 e. The molecule has 0 radical (unpaired) electrons. The highest BCUT2D eigenvalue weighted by Crippen LogP contribution is 2.39. The summed E-state index contributed by atoms with van der Waals surface area (Å²) in [5.74, 6) is 0. The maximum Gasteiger partial charge on any atom is 0.292 e. The fourth-order valence-electron chi connectivity index (χ4n) is 2.14. The summed E-state index contributed by atoms with van der Waals surface area (Å²) in [7, 11) is -6.20. The van der Waals surface area contributed by atoms with Crippen molar-refractivity contribution in [3.05, 3.63) is 40.4 Å². The quantitative estimate of drug-likeness (QED) is 0.144. The Balaban J connectivity index is 3.21. The number of rotatable bonds is 9. The number of nitro groups is 1. The van der Waals surface area contributed by atoms with Crippen LogP contribution in [0.5, 0.6) is 0 Å². The van der Waals surface area contributed by atoms with Gasteiger partial charge in [0, 0.05) is 9.82 Å². The Hall–Kier alpha value is -0.943. The fraction of sp³-hybridized carbons (Fsp3) is 0.647. The molecule has 0 amide bonds. The van der Waals surface area contributed by atoms with Gasteiger partial charge in [0.05, 0.1) is 12.4 Å². The van der Waals surface area contributed by atoms with Gasteiger partial charge in [-0.1, -0.05) is 39.0 Å². The zero-order chi connectivity index (χ0) is 21.0. The maximum absolute atomic E-state index is 11.8. The van der Waals surface area contributed by atoms with Crippen molar-refractivity contribution >= 4 is 30.2 Å². The summed E-state index contributed by atoms with van der Waals surface area (Å²) in [4.78, 5) is 11.9. The fourth-order valence-corrected chi connectivity index (χ4v) is 5.38. The van der Waals surface area contributed by atoms with E-state index in [-0.39, 0.29) is 5.04 Å². The molecule has 10 heteroatoms. The summed E-state index contributed by atoms with van der Waals surface area (Å²) in [5.41, 5.74) is 0. The smallest absolute Gasteiger partial charge is 0.292 e. The minimum atomic E-state index is -3.91. The van der Waals surface area contributed by atoms with E-state index in [4.69, 9.17) is 8.61 Å². The molecule has 0 aliphatic heterocycles. The van der Waals surface area contributed by atoms with Gasteiger partial charge in [0.1, 0.15) is 0 Å². The van der Waals surface area contributed by atoms with Gasteiger partial charge >= 0.3 is 0 Å². The molecular formula is C17H29NO6S2Si.